The number of anilines is 1. The number of aryl methyl sites for hydroxylation is 1. The minimum atomic E-state index is -0.230. The molecule has 3 atom stereocenters. The Labute approximate surface area is 144 Å². The van der Waals surface area contributed by atoms with Crippen LogP contribution >= 0.6 is 0 Å². The minimum absolute atomic E-state index is 0.0508. The van der Waals surface area contributed by atoms with E-state index in [0.717, 1.165) is 17.7 Å². The molecule has 1 N–H and O–H groups in total. The van der Waals surface area contributed by atoms with Gasteiger partial charge in [-0.05, 0) is 49.8 Å². The number of amides is 2. The Morgan fingerprint density at radius 3 is 2.71 bits per heavy atom. The summed E-state index contributed by atoms with van der Waals surface area (Å²) in [5, 5.41) is 3.21. The molecule has 4 heteroatoms. The molecule has 0 spiro atoms. The van der Waals surface area contributed by atoms with Crippen molar-refractivity contribution in [2.24, 2.45) is 11.8 Å². The second kappa shape index (κ2) is 6.96. The molecule has 1 heterocycles. The third kappa shape index (κ3) is 3.33. The first-order valence-corrected chi connectivity index (χ1v) is 9.14. The Morgan fingerprint density at radius 2 is 1.96 bits per heavy atom. The lowest BCUT2D eigenvalue weighted by Crippen LogP contribution is -2.44. The quantitative estimate of drug-likeness (QED) is 0.925. The van der Waals surface area contributed by atoms with Gasteiger partial charge in [-0.3, -0.25) is 9.59 Å². The topological polar surface area (TPSA) is 49.4 Å². The van der Waals surface area contributed by atoms with E-state index in [2.05, 4.69) is 12.2 Å². The minimum Gasteiger partial charge on any atom is -0.353 e. The number of nitrogens with zero attached hydrogens (tertiary/aromatic N) is 1. The molecular weight excluding hydrogens is 300 g/mol. The van der Waals surface area contributed by atoms with E-state index >= 15 is 0 Å². The Kier molecular flexibility index (Phi) is 4.93. The van der Waals surface area contributed by atoms with Gasteiger partial charge >= 0.3 is 0 Å². The molecule has 3 rings (SSSR count). The van der Waals surface area contributed by atoms with E-state index in [1.54, 1.807) is 4.90 Å². The second-order valence-corrected chi connectivity index (χ2v) is 7.50. The summed E-state index contributed by atoms with van der Waals surface area (Å²) in [4.78, 5) is 26.9. The Hall–Kier alpha value is -1.84. The smallest absolute Gasteiger partial charge is 0.227 e. The molecule has 4 nitrogen and oxygen atoms in total. The highest BCUT2D eigenvalue weighted by molar-refractivity contribution is 6.01. The van der Waals surface area contributed by atoms with Gasteiger partial charge < -0.3 is 10.2 Å². The molecule has 0 aromatic heterocycles. The molecule has 1 aromatic rings. The van der Waals surface area contributed by atoms with Crippen molar-refractivity contribution in [1.29, 1.82) is 0 Å². The fourth-order valence-electron chi connectivity index (χ4n) is 3.98. The number of hydrogen-bond donors (Lipinski definition) is 1. The first-order valence-electron chi connectivity index (χ1n) is 9.14. The van der Waals surface area contributed by atoms with E-state index in [9.17, 15) is 9.59 Å². The van der Waals surface area contributed by atoms with Crippen LogP contribution in [0.2, 0.25) is 0 Å². The maximum atomic E-state index is 12.6. The third-order valence-electron chi connectivity index (χ3n) is 5.80. The van der Waals surface area contributed by atoms with E-state index in [1.165, 1.54) is 24.8 Å². The van der Waals surface area contributed by atoms with Gasteiger partial charge in [0.05, 0.1) is 5.92 Å². The third-order valence-corrected chi connectivity index (χ3v) is 5.80. The highest BCUT2D eigenvalue weighted by Crippen LogP contribution is 2.30. The zero-order chi connectivity index (χ0) is 17.3. The van der Waals surface area contributed by atoms with Crippen molar-refractivity contribution in [3.05, 3.63) is 29.3 Å². The van der Waals surface area contributed by atoms with Crippen LogP contribution in [-0.4, -0.2) is 24.4 Å². The van der Waals surface area contributed by atoms with E-state index in [1.807, 2.05) is 32.0 Å². The average Bonchev–Trinajstić information content (AvgIpc) is 2.94. The fraction of sp³-hybridized carbons (Fsp3) is 0.600. The normalized spacial score (nSPS) is 27.4. The van der Waals surface area contributed by atoms with Crippen LogP contribution in [0.3, 0.4) is 0 Å². The molecule has 2 amide bonds. The first kappa shape index (κ1) is 17.0. The monoisotopic (exact) mass is 328 g/mol. The highest BCUT2D eigenvalue weighted by atomic mass is 16.2. The second-order valence-electron chi connectivity index (χ2n) is 7.50. The summed E-state index contributed by atoms with van der Waals surface area (Å²) in [5.74, 6) is 0.414. The number of carbonyl (C=O) groups is 2. The van der Waals surface area contributed by atoms with Crippen LogP contribution in [0.5, 0.6) is 0 Å². The number of benzene rings is 1. The predicted octanol–water partition coefficient (Wildman–Crippen LogP) is 3.35. The molecule has 24 heavy (non-hydrogen) atoms. The molecule has 0 bridgehead atoms. The lowest BCUT2D eigenvalue weighted by molar-refractivity contribution is -0.127. The number of rotatable bonds is 3. The molecule has 2 fully saturated rings. The van der Waals surface area contributed by atoms with Gasteiger partial charge in [0.25, 0.3) is 0 Å². The molecule has 1 aliphatic heterocycles. The zero-order valence-corrected chi connectivity index (χ0v) is 15.0. The van der Waals surface area contributed by atoms with Crippen LogP contribution in [0.25, 0.3) is 0 Å². The number of carbonyl (C=O) groups excluding carboxylic acids is 2. The largest absolute Gasteiger partial charge is 0.353 e. The van der Waals surface area contributed by atoms with Gasteiger partial charge in [0, 0.05) is 24.7 Å². The van der Waals surface area contributed by atoms with Crippen molar-refractivity contribution in [3.63, 3.8) is 0 Å². The number of nitrogens with one attached hydrogen (secondary N) is 1. The van der Waals surface area contributed by atoms with E-state index in [4.69, 9.17) is 0 Å². The van der Waals surface area contributed by atoms with E-state index in [0.29, 0.717) is 18.9 Å². The number of hydrogen-bond acceptors (Lipinski definition) is 2. The van der Waals surface area contributed by atoms with Crippen LogP contribution in [0.1, 0.15) is 50.2 Å². The van der Waals surface area contributed by atoms with Crippen molar-refractivity contribution in [3.8, 4) is 0 Å². The lowest BCUT2D eigenvalue weighted by Gasteiger charge is -2.30. The van der Waals surface area contributed by atoms with Crippen molar-refractivity contribution >= 4 is 17.5 Å². The van der Waals surface area contributed by atoms with Crippen molar-refractivity contribution in [1.82, 2.24) is 5.32 Å². The average molecular weight is 328 g/mol. The molecule has 1 aliphatic carbocycles. The van der Waals surface area contributed by atoms with E-state index in [-0.39, 0.29) is 23.8 Å². The van der Waals surface area contributed by atoms with Gasteiger partial charge in [0.2, 0.25) is 11.8 Å². The summed E-state index contributed by atoms with van der Waals surface area (Å²) in [7, 11) is 0. The van der Waals surface area contributed by atoms with Gasteiger partial charge in [-0.2, -0.15) is 0 Å². The van der Waals surface area contributed by atoms with Gasteiger partial charge in [0.1, 0.15) is 0 Å². The first-order chi connectivity index (χ1) is 11.5. The van der Waals surface area contributed by atoms with Crippen LogP contribution < -0.4 is 10.2 Å². The standard InChI is InChI=1S/C20H28N2O2/c1-13-8-6-10-18(15(13)3)22-12-16(11-19(22)23)20(24)21-17-9-5-4-7-14(17)2/h6,8,10,14,16-17H,4-5,7,9,11-12H2,1-3H3,(H,21,24). The highest BCUT2D eigenvalue weighted by Gasteiger charge is 2.37. The zero-order valence-electron chi connectivity index (χ0n) is 15.0. The molecule has 0 radical (unpaired) electrons. The maximum absolute atomic E-state index is 12.6. The van der Waals surface area contributed by atoms with Gasteiger partial charge in [0.15, 0.2) is 0 Å². The van der Waals surface area contributed by atoms with Crippen molar-refractivity contribution in [2.45, 2.75) is 58.9 Å². The molecule has 2 aliphatic rings. The summed E-state index contributed by atoms with van der Waals surface area (Å²) >= 11 is 0. The van der Waals surface area contributed by atoms with Gasteiger partial charge in [-0.1, -0.05) is 31.9 Å². The predicted molar refractivity (Wildman–Crippen MR) is 95.9 cm³/mol. The van der Waals surface area contributed by atoms with Crippen LogP contribution in [-0.2, 0) is 9.59 Å². The van der Waals surface area contributed by atoms with Crippen LogP contribution in [0.4, 0.5) is 5.69 Å². The Bertz CT molecular complexity index is 641. The molecule has 1 saturated heterocycles. The summed E-state index contributed by atoms with van der Waals surface area (Å²) in [6.45, 7) is 6.80. The fourth-order valence-corrected chi connectivity index (χ4v) is 3.98. The van der Waals surface area contributed by atoms with Gasteiger partial charge in [-0.25, -0.2) is 0 Å². The summed E-state index contributed by atoms with van der Waals surface area (Å²) in [6, 6.07) is 6.27. The Balaban J connectivity index is 1.68. The maximum Gasteiger partial charge on any atom is 0.227 e. The Morgan fingerprint density at radius 1 is 1.21 bits per heavy atom. The van der Waals surface area contributed by atoms with Gasteiger partial charge in [-0.15, -0.1) is 0 Å². The van der Waals surface area contributed by atoms with Crippen molar-refractivity contribution < 1.29 is 9.59 Å². The molecule has 3 unspecified atom stereocenters. The van der Waals surface area contributed by atoms with Crippen molar-refractivity contribution in [2.75, 3.05) is 11.4 Å². The molecular formula is C20H28N2O2. The van der Waals surface area contributed by atoms with Crippen LogP contribution in [0, 0.1) is 25.7 Å². The summed E-state index contributed by atoms with van der Waals surface area (Å²) in [5.41, 5.74) is 3.23. The van der Waals surface area contributed by atoms with E-state index < -0.39 is 0 Å². The molecule has 130 valence electrons. The summed E-state index contributed by atoms with van der Waals surface area (Å²) < 4.78 is 0. The molecule has 1 aromatic carbocycles. The lowest BCUT2D eigenvalue weighted by atomic mass is 9.85. The summed E-state index contributed by atoms with van der Waals surface area (Å²) in [6.07, 6.45) is 5.01. The molecule has 1 saturated carbocycles. The van der Waals surface area contributed by atoms with Crippen LogP contribution in [0.15, 0.2) is 18.2 Å². The SMILES string of the molecule is Cc1cccc(N2CC(C(=O)NC3CCCCC3C)CC2=O)c1C.